The molecule has 1 fully saturated rings. The number of aliphatic imine (C=N–C) groups is 1. The average Bonchev–Trinajstić information content (AvgIpc) is 2.89. The molecule has 2 aliphatic heterocycles. The van der Waals surface area contributed by atoms with Gasteiger partial charge in [0.05, 0.1) is 29.3 Å². The van der Waals surface area contributed by atoms with Crippen molar-refractivity contribution in [2.45, 2.75) is 48.1 Å². The summed E-state index contributed by atoms with van der Waals surface area (Å²) < 4.78 is 32.1. The Kier molecular flexibility index (Phi) is 4.68. The summed E-state index contributed by atoms with van der Waals surface area (Å²) in [6, 6.07) is 6.52. The number of pyridine rings is 2. The quantitative estimate of drug-likeness (QED) is 0.676. The number of amidine groups is 1. The van der Waals surface area contributed by atoms with Crippen molar-refractivity contribution < 1.29 is 17.9 Å². The molecule has 1 aliphatic carbocycles. The van der Waals surface area contributed by atoms with Gasteiger partial charge in [-0.3, -0.25) is 9.79 Å². The smallest absolute Gasteiger partial charge is 0.274 e. The van der Waals surface area contributed by atoms with Gasteiger partial charge in [-0.25, -0.2) is 18.4 Å². The highest BCUT2D eigenvalue weighted by atomic mass is 32.2. The number of rotatable bonds is 2. The number of nitrogens with one attached hydrogen (secondary N) is 1. The number of amides is 1. The highest BCUT2D eigenvalue weighted by Crippen LogP contribution is 2.53. The molecule has 2 aromatic rings. The van der Waals surface area contributed by atoms with Gasteiger partial charge in [0.25, 0.3) is 5.91 Å². The third-order valence-electron chi connectivity index (χ3n) is 6.93. The Morgan fingerprint density at radius 2 is 2.09 bits per heavy atom. The molecule has 10 nitrogen and oxygen atoms in total. The molecule has 1 spiro atoms. The standard InChI is InChI=1S/C22H22N6O4S/c1-21-15-9-14(27-18(29)16-4-3-13(10-23)11-25-16)12-26-19(15)32-8-5-17(21)33(30,31)22(6-2-7-22)20(24)28-21/h3-4,9,11-12,17H,2,5-8H2,1H3,(H2,24,28)(H,27,29)/t17-,21-/m1/s1. The Labute approximate surface area is 190 Å². The van der Waals surface area contributed by atoms with Crippen LogP contribution in [-0.4, -0.2) is 46.7 Å². The van der Waals surface area contributed by atoms with Gasteiger partial charge in [0.1, 0.15) is 27.9 Å². The summed E-state index contributed by atoms with van der Waals surface area (Å²) in [6.45, 7) is 1.92. The van der Waals surface area contributed by atoms with Crippen molar-refractivity contribution in [3.63, 3.8) is 0 Å². The molecule has 3 N–H and O–H groups in total. The van der Waals surface area contributed by atoms with Crippen LogP contribution in [0.2, 0.25) is 0 Å². The molecule has 3 aliphatic rings. The molecule has 4 heterocycles. The Bertz CT molecular complexity index is 1330. The van der Waals surface area contributed by atoms with Crippen LogP contribution < -0.4 is 15.8 Å². The van der Waals surface area contributed by atoms with E-state index in [1.807, 2.05) is 6.07 Å². The number of ether oxygens (including phenoxy) is 1. The van der Waals surface area contributed by atoms with Gasteiger partial charge in [-0.15, -0.1) is 0 Å². The lowest BCUT2D eigenvalue weighted by atomic mass is 9.81. The second-order valence-corrected chi connectivity index (χ2v) is 11.2. The second-order valence-electron chi connectivity index (χ2n) is 8.74. The van der Waals surface area contributed by atoms with E-state index in [0.29, 0.717) is 29.7 Å². The van der Waals surface area contributed by atoms with E-state index in [1.165, 1.54) is 24.5 Å². The summed E-state index contributed by atoms with van der Waals surface area (Å²) in [5.41, 5.74) is 6.34. The third-order valence-corrected chi connectivity index (χ3v) is 10.1. The second kappa shape index (κ2) is 7.25. The summed E-state index contributed by atoms with van der Waals surface area (Å²) in [4.78, 5) is 25.7. The normalized spacial score (nSPS) is 26.3. The van der Waals surface area contributed by atoms with Crippen LogP contribution in [0.3, 0.4) is 0 Å². The number of carbonyl (C=O) groups excluding carboxylic acids is 1. The zero-order valence-corrected chi connectivity index (χ0v) is 18.7. The molecule has 5 rings (SSSR count). The monoisotopic (exact) mass is 466 g/mol. The van der Waals surface area contributed by atoms with Crippen LogP contribution in [0.5, 0.6) is 5.88 Å². The fraction of sp³-hybridized carbons (Fsp3) is 0.409. The zero-order valence-electron chi connectivity index (χ0n) is 17.9. The van der Waals surface area contributed by atoms with E-state index in [1.54, 1.807) is 13.0 Å². The molecule has 1 amide bonds. The zero-order chi connectivity index (χ0) is 23.4. The number of hydrogen-bond donors (Lipinski definition) is 2. The van der Waals surface area contributed by atoms with Crippen molar-refractivity contribution in [2.24, 2.45) is 10.7 Å². The fourth-order valence-corrected chi connectivity index (χ4v) is 7.83. The third kappa shape index (κ3) is 3.01. The molecule has 11 heteroatoms. The first kappa shape index (κ1) is 21.3. The largest absolute Gasteiger partial charge is 0.477 e. The van der Waals surface area contributed by atoms with E-state index in [-0.39, 0.29) is 30.4 Å². The van der Waals surface area contributed by atoms with Crippen molar-refractivity contribution in [1.29, 1.82) is 5.26 Å². The van der Waals surface area contributed by atoms with Crippen LogP contribution in [0.4, 0.5) is 5.69 Å². The average molecular weight is 467 g/mol. The molecule has 0 unspecified atom stereocenters. The van der Waals surface area contributed by atoms with Gasteiger partial charge in [-0.2, -0.15) is 5.26 Å². The van der Waals surface area contributed by atoms with Crippen LogP contribution in [0.15, 0.2) is 35.6 Å². The van der Waals surface area contributed by atoms with E-state index in [0.717, 1.165) is 6.42 Å². The van der Waals surface area contributed by atoms with E-state index in [2.05, 4.69) is 15.3 Å². The summed E-state index contributed by atoms with van der Waals surface area (Å²) in [6.07, 6.45) is 4.78. The first-order valence-electron chi connectivity index (χ1n) is 10.6. The highest BCUT2D eigenvalue weighted by molar-refractivity contribution is 7.94. The molecule has 170 valence electrons. The van der Waals surface area contributed by atoms with Gasteiger partial charge in [-0.05, 0) is 44.4 Å². The summed E-state index contributed by atoms with van der Waals surface area (Å²) in [5, 5.41) is 10.8. The lowest BCUT2D eigenvalue weighted by molar-refractivity contribution is 0.102. The van der Waals surface area contributed by atoms with E-state index in [4.69, 9.17) is 20.7 Å². The number of anilines is 1. The number of nitriles is 1. The Morgan fingerprint density at radius 3 is 2.73 bits per heavy atom. The Morgan fingerprint density at radius 1 is 1.30 bits per heavy atom. The molecule has 2 aromatic heterocycles. The molecule has 33 heavy (non-hydrogen) atoms. The van der Waals surface area contributed by atoms with Gasteiger partial charge in [-0.1, -0.05) is 0 Å². The van der Waals surface area contributed by atoms with Crippen LogP contribution in [-0.2, 0) is 15.4 Å². The number of nitrogens with zero attached hydrogens (tertiary/aromatic N) is 4. The molecule has 2 atom stereocenters. The number of aromatic nitrogens is 2. The summed E-state index contributed by atoms with van der Waals surface area (Å²) in [7, 11) is -3.63. The van der Waals surface area contributed by atoms with Crippen molar-refractivity contribution in [1.82, 2.24) is 9.97 Å². The number of sulfone groups is 1. The van der Waals surface area contributed by atoms with E-state index in [9.17, 15) is 13.2 Å². The van der Waals surface area contributed by atoms with Crippen molar-refractivity contribution in [3.05, 3.63) is 47.4 Å². The van der Waals surface area contributed by atoms with Crippen LogP contribution in [0, 0.1) is 11.3 Å². The van der Waals surface area contributed by atoms with Gasteiger partial charge in [0.15, 0.2) is 9.84 Å². The fourth-order valence-electron chi connectivity index (χ4n) is 4.90. The Hall–Kier alpha value is -3.52. The molecule has 1 saturated carbocycles. The minimum Gasteiger partial charge on any atom is -0.477 e. The molecule has 0 saturated heterocycles. The van der Waals surface area contributed by atoms with Gasteiger partial charge in [0.2, 0.25) is 5.88 Å². The molecular formula is C22H22N6O4S. The molecule has 0 radical (unpaired) electrons. The highest BCUT2D eigenvalue weighted by Gasteiger charge is 2.63. The first-order chi connectivity index (χ1) is 15.7. The minimum absolute atomic E-state index is 0.124. The number of fused-ring (bicyclic) bond motifs is 3. The maximum atomic E-state index is 13.7. The van der Waals surface area contributed by atoms with Crippen LogP contribution >= 0.6 is 0 Å². The molecular weight excluding hydrogens is 444 g/mol. The number of hydrogen-bond acceptors (Lipinski definition) is 9. The van der Waals surface area contributed by atoms with Crippen molar-refractivity contribution >= 4 is 27.3 Å². The molecule has 0 bridgehead atoms. The van der Waals surface area contributed by atoms with E-state index >= 15 is 0 Å². The lowest BCUT2D eigenvalue weighted by Crippen LogP contribution is -2.65. The number of nitrogens with two attached hydrogens (primary N) is 1. The predicted octanol–water partition coefficient (Wildman–Crippen LogP) is 1.68. The maximum absolute atomic E-state index is 13.7. The van der Waals surface area contributed by atoms with Gasteiger partial charge >= 0.3 is 0 Å². The Balaban J connectivity index is 1.54. The van der Waals surface area contributed by atoms with Gasteiger partial charge < -0.3 is 15.8 Å². The SMILES string of the molecule is C[C@]12N=C(N)C3(CCC3)S(=O)(=O)[C@@H]1CCOc1ncc(NC(=O)c3ccc(C#N)cn3)cc12. The maximum Gasteiger partial charge on any atom is 0.274 e. The van der Waals surface area contributed by atoms with Crippen LogP contribution in [0.25, 0.3) is 0 Å². The number of carbonyl (C=O) groups is 1. The lowest BCUT2D eigenvalue weighted by Gasteiger charge is -2.50. The van der Waals surface area contributed by atoms with Crippen molar-refractivity contribution in [3.8, 4) is 11.9 Å². The van der Waals surface area contributed by atoms with Crippen LogP contribution in [0.1, 0.15) is 54.2 Å². The summed E-state index contributed by atoms with van der Waals surface area (Å²) >= 11 is 0. The topological polar surface area (TPSA) is 160 Å². The van der Waals surface area contributed by atoms with Crippen molar-refractivity contribution in [2.75, 3.05) is 11.9 Å². The molecule has 0 aromatic carbocycles. The van der Waals surface area contributed by atoms with E-state index < -0.39 is 31.3 Å². The minimum atomic E-state index is -3.63. The summed E-state index contributed by atoms with van der Waals surface area (Å²) in [5.74, 6) is -0.0902. The predicted molar refractivity (Wildman–Crippen MR) is 120 cm³/mol. The first-order valence-corrected chi connectivity index (χ1v) is 12.2. The van der Waals surface area contributed by atoms with Gasteiger partial charge in [0, 0.05) is 18.2 Å².